The monoisotopic (exact) mass is 290 g/mol. The number of nitrogens with one attached hydrogen (secondary N) is 1. The Morgan fingerprint density at radius 3 is 2.90 bits per heavy atom. The van der Waals surface area contributed by atoms with E-state index in [1.165, 1.54) is 0 Å². The van der Waals surface area contributed by atoms with Crippen molar-refractivity contribution in [3.8, 4) is 0 Å². The normalized spacial score (nSPS) is 15.5. The van der Waals surface area contributed by atoms with Crippen molar-refractivity contribution < 1.29 is 14.7 Å². The van der Waals surface area contributed by atoms with Crippen LogP contribution in [0.25, 0.3) is 0 Å². The number of amides is 2. The number of fused-ring (bicyclic) bond motifs is 1. The van der Waals surface area contributed by atoms with Crippen LogP contribution < -0.4 is 10.2 Å². The highest BCUT2D eigenvalue weighted by atomic mass is 16.3. The van der Waals surface area contributed by atoms with E-state index in [9.17, 15) is 14.7 Å². The van der Waals surface area contributed by atoms with Crippen molar-refractivity contribution in [2.24, 2.45) is 0 Å². The molecule has 0 aliphatic carbocycles. The molecule has 1 heterocycles. The van der Waals surface area contributed by atoms with Gasteiger partial charge in [0.15, 0.2) is 0 Å². The summed E-state index contributed by atoms with van der Waals surface area (Å²) in [5.74, 6) is -0.208. The molecule has 0 aromatic heterocycles. The van der Waals surface area contributed by atoms with Gasteiger partial charge >= 0.3 is 0 Å². The third-order valence-corrected chi connectivity index (χ3v) is 3.76. The van der Waals surface area contributed by atoms with Gasteiger partial charge in [-0.1, -0.05) is 25.1 Å². The molecule has 5 heteroatoms. The average molecular weight is 290 g/mol. The summed E-state index contributed by atoms with van der Waals surface area (Å²) in [4.78, 5) is 25.5. The molecule has 114 valence electrons. The molecule has 1 aliphatic heterocycles. The maximum absolute atomic E-state index is 12.0. The van der Waals surface area contributed by atoms with Crippen molar-refractivity contribution in [3.05, 3.63) is 29.8 Å². The minimum Gasteiger partial charge on any atom is -0.393 e. The molecule has 0 spiro atoms. The maximum Gasteiger partial charge on any atom is 0.240 e. The van der Waals surface area contributed by atoms with Crippen LogP contribution in [-0.2, 0) is 16.0 Å². The second-order valence-corrected chi connectivity index (χ2v) is 5.31. The van der Waals surface area contributed by atoms with Gasteiger partial charge in [0, 0.05) is 18.7 Å². The number of aryl methyl sites for hydroxylation is 1. The Morgan fingerprint density at radius 2 is 2.14 bits per heavy atom. The lowest BCUT2D eigenvalue weighted by Crippen LogP contribution is -2.43. The number of hydrogen-bond acceptors (Lipinski definition) is 3. The van der Waals surface area contributed by atoms with E-state index in [0.717, 1.165) is 17.7 Å². The van der Waals surface area contributed by atoms with Gasteiger partial charge in [0.05, 0.1) is 6.10 Å². The van der Waals surface area contributed by atoms with Gasteiger partial charge in [-0.25, -0.2) is 0 Å². The quantitative estimate of drug-likeness (QED) is 0.828. The van der Waals surface area contributed by atoms with Gasteiger partial charge in [0.2, 0.25) is 11.8 Å². The zero-order valence-corrected chi connectivity index (χ0v) is 12.3. The van der Waals surface area contributed by atoms with Crippen molar-refractivity contribution in [3.63, 3.8) is 0 Å². The summed E-state index contributed by atoms with van der Waals surface area (Å²) < 4.78 is 0. The van der Waals surface area contributed by atoms with Crippen molar-refractivity contribution in [1.29, 1.82) is 0 Å². The van der Waals surface area contributed by atoms with Crippen LogP contribution in [0.3, 0.4) is 0 Å². The molecule has 0 radical (unpaired) electrons. The van der Waals surface area contributed by atoms with Crippen LogP contribution in [0.4, 0.5) is 5.69 Å². The van der Waals surface area contributed by atoms with Gasteiger partial charge in [-0.3, -0.25) is 9.59 Å². The van der Waals surface area contributed by atoms with Gasteiger partial charge in [-0.15, -0.1) is 0 Å². The highest BCUT2D eigenvalue weighted by Crippen LogP contribution is 2.26. The van der Waals surface area contributed by atoms with Crippen LogP contribution in [-0.4, -0.2) is 36.1 Å². The summed E-state index contributed by atoms with van der Waals surface area (Å²) >= 11 is 0. The summed E-state index contributed by atoms with van der Waals surface area (Å²) in [6.07, 6.45) is 2.00. The molecule has 2 amide bonds. The fraction of sp³-hybridized carbons (Fsp3) is 0.500. The molecule has 2 rings (SSSR count). The molecule has 0 fully saturated rings. The minimum atomic E-state index is -0.386. The Bertz CT molecular complexity index is 516. The molecule has 0 bridgehead atoms. The van der Waals surface area contributed by atoms with E-state index in [4.69, 9.17) is 0 Å². The van der Waals surface area contributed by atoms with E-state index in [1.54, 1.807) is 4.90 Å². The molecule has 1 atom stereocenters. The van der Waals surface area contributed by atoms with E-state index in [0.29, 0.717) is 25.8 Å². The van der Waals surface area contributed by atoms with Gasteiger partial charge < -0.3 is 15.3 Å². The number of nitrogens with zero attached hydrogens (tertiary/aromatic N) is 1. The maximum atomic E-state index is 12.0. The summed E-state index contributed by atoms with van der Waals surface area (Å²) in [6, 6.07) is 7.68. The first-order valence-electron chi connectivity index (χ1n) is 7.45. The number of carbonyl (C=O) groups is 2. The van der Waals surface area contributed by atoms with Crippen LogP contribution in [0.2, 0.25) is 0 Å². The molecule has 1 aromatic rings. The van der Waals surface area contributed by atoms with E-state index in [2.05, 4.69) is 5.32 Å². The lowest BCUT2D eigenvalue weighted by atomic mass is 10.0. The number of aliphatic hydroxyl groups excluding tert-OH is 1. The highest BCUT2D eigenvalue weighted by Gasteiger charge is 2.25. The Morgan fingerprint density at radius 1 is 1.38 bits per heavy atom. The fourth-order valence-corrected chi connectivity index (χ4v) is 2.45. The predicted octanol–water partition coefficient (Wildman–Crippen LogP) is 1.24. The topological polar surface area (TPSA) is 69.6 Å². The van der Waals surface area contributed by atoms with Crippen molar-refractivity contribution in [1.82, 2.24) is 5.32 Å². The Hall–Kier alpha value is -1.88. The minimum absolute atomic E-state index is 0.0163. The van der Waals surface area contributed by atoms with Crippen molar-refractivity contribution in [2.45, 2.75) is 38.7 Å². The molecule has 5 nitrogen and oxygen atoms in total. The molecule has 21 heavy (non-hydrogen) atoms. The standard InChI is InChI=1S/C16H22N2O3/c1-2-13(19)9-10-17-15(20)11-18-14-6-4-3-5-12(14)7-8-16(18)21/h3-6,13,19H,2,7-11H2,1H3,(H,17,20). The first-order valence-corrected chi connectivity index (χ1v) is 7.45. The van der Waals surface area contributed by atoms with Crippen LogP contribution >= 0.6 is 0 Å². The zero-order chi connectivity index (χ0) is 15.2. The highest BCUT2D eigenvalue weighted by molar-refractivity contribution is 6.00. The first kappa shape index (κ1) is 15.5. The number of carbonyl (C=O) groups excluding carboxylic acids is 2. The Kier molecular flexibility index (Phi) is 5.33. The third-order valence-electron chi connectivity index (χ3n) is 3.76. The third kappa shape index (κ3) is 4.04. The number of anilines is 1. The zero-order valence-electron chi connectivity index (χ0n) is 12.3. The SMILES string of the molecule is CCC(O)CCNC(=O)CN1C(=O)CCc2ccccc21. The summed E-state index contributed by atoms with van der Waals surface area (Å²) in [6.45, 7) is 2.37. The smallest absolute Gasteiger partial charge is 0.240 e. The molecular formula is C16H22N2O3. The molecule has 0 saturated heterocycles. The number of hydrogen-bond donors (Lipinski definition) is 2. The molecule has 1 aromatic carbocycles. The van der Waals surface area contributed by atoms with E-state index >= 15 is 0 Å². The van der Waals surface area contributed by atoms with Gasteiger partial charge in [-0.2, -0.15) is 0 Å². The number of benzene rings is 1. The van der Waals surface area contributed by atoms with Crippen LogP contribution in [0, 0.1) is 0 Å². The first-order chi connectivity index (χ1) is 10.1. The molecule has 1 aliphatic rings. The summed E-state index contributed by atoms with van der Waals surface area (Å²) in [5.41, 5.74) is 1.93. The van der Waals surface area contributed by atoms with E-state index < -0.39 is 0 Å². The Labute approximate surface area is 125 Å². The second kappa shape index (κ2) is 7.22. The number of para-hydroxylation sites is 1. The van der Waals surface area contributed by atoms with Gasteiger partial charge in [0.1, 0.15) is 6.54 Å². The van der Waals surface area contributed by atoms with Gasteiger partial charge in [0.25, 0.3) is 0 Å². The molecule has 0 saturated carbocycles. The molecule has 2 N–H and O–H groups in total. The lowest BCUT2D eigenvalue weighted by molar-refractivity contribution is -0.124. The van der Waals surface area contributed by atoms with Crippen LogP contribution in [0.15, 0.2) is 24.3 Å². The number of aliphatic hydroxyl groups is 1. The average Bonchev–Trinajstić information content (AvgIpc) is 2.50. The number of rotatable bonds is 6. The second-order valence-electron chi connectivity index (χ2n) is 5.31. The van der Waals surface area contributed by atoms with Crippen molar-refractivity contribution in [2.75, 3.05) is 18.0 Å². The predicted molar refractivity (Wildman–Crippen MR) is 81.0 cm³/mol. The largest absolute Gasteiger partial charge is 0.393 e. The van der Waals surface area contributed by atoms with Crippen LogP contribution in [0.1, 0.15) is 31.7 Å². The molecular weight excluding hydrogens is 268 g/mol. The van der Waals surface area contributed by atoms with E-state index in [-0.39, 0.29) is 24.5 Å². The summed E-state index contributed by atoms with van der Waals surface area (Å²) in [7, 11) is 0. The van der Waals surface area contributed by atoms with E-state index in [1.807, 2.05) is 31.2 Å². The van der Waals surface area contributed by atoms with Gasteiger partial charge in [-0.05, 0) is 30.9 Å². The molecule has 1 unspecified atom stereocenters. The summed E-state index contributed by atoms with van der Waals surface area (Å²) in [5, 5.41) is 12.2. The fourth-order valence-electron chi connectivity index (χ4n) is 2.45. The van der Waals surface area contributed by atoms with Crippen LogP contribution in [0.5, 0.6) is 0 Å². The lowest BCUT2D eigenvalue weighted by Gasteiger charge is -2.28. The van der Waals surface area contributed by atoms with Crippen molar-refractivity contribution >= 4 is 17.5 Å². The Balaban J connectivity index is 1.93.